The molecule has 0 radical (unpaired) electrons. The van der Waals surface area contributed by atoms with Crippen LogP contribution >= 0.6 is 0 Å². The standard InChI is InChI=1S/C21H25N5O3/c1-12(27)10-25-21(29)18-8-15-6-7-16(19(22)23)9-17(15)26(18)11-13-2-4-14(5-3-13)20(24)28/h2-7,9,12,18,27H,8,10-11H2,1H3,(H3,22,23)(H2,24,28)(H,25,29)/t12-,18?/m1/s1. The average molecular weight is 395 g/mol. The lowest BCUT2D eigenvalue weighted by Crippen LogP contribution is -2.46. The quantitative estimate of drug-likeness (QED) is 0.342. The fourth-order valence-corrected chi connectivity index (χ4v) is 3.42. The molecule has 0 aliphatic carbocycles. The third-order valence-electron chi connectivity index (χ3n) is 4.96. The first-order valence-corrected chi connectivity index (χ1v) is 9.34. The zero-order valence-corrected chi connectivity index (χ0v) is 16.2. The van der Waals surface area contributed by atoms with Gasteiger partial charge in [0, 0.05) is 36.3 Å². The van der Waals surface area contributed by atoms with E-state index in [1.165, 1.54) is 0 Å². The van der Waals surface area contributed by atoms with Gasteiger partial charge in [-0.05, 0) is 36.2 Å². The van der Waals surface area contributed by atoms with Gasteiger partial charge in [-0.3, -0.25) is 15.0 Å². The fourth-order valence-electron chi connectivity index (χ4n) is 3.42. The van der Waals surface area contributed by atoms with E-state index in [1.54, 1.807) is 37.3 Å². The number of rotatable bonds is 7. The number of amidine groups is 1. The maximum absolute atomic E-state index is 12.8. The molecule has 0 bridgehead atoms. The Labute approximate surface area is 169 Å². The Hall–Kier alpha value is -3.39. The van der Waals surface area contributed by atoms with E-state index in [0.717, 1.165) is 16.8 Å². The molecule has 29 heavy (non-hydrogen) atoms. The Morgan fingerprint density at radius 2 is 1.86 bits per heavy atom. The van der Waals surface area contributed by atoms with Crippen molar-refractivity contribution >= 4 is 23.3 Å². The van der Waals surface area contributed by atoms with E-state index in [4.69, 9.17) is 16.9 Å². The van der Waals surface area contributed by atoms with Crippen LogP contribution in [0.4, 0.5) is 5.69 Å². The number of nitrogens with two attached hydrogens (primary N) is 2. The molecule has 152 valence electrons. The van der Waals surface area contributed by atoms with Crippen LogP contribution in [-0.4, -0.2) is 41.4 Å². The Morgan fingerprint density at radius 1 is 1.21 bits per heavy atom. The molecule has 7 N–H and O–H groups in total. The van der Waals surface area contributed by atoms with Gasteiger partial charge in [0.05, 0.1) is 6.10 Å². The zero-order chi connectivity index (χ0) is 21.1. The Balaban J connectivity index is 1.91. The van der Waals surface area contributed by atoms with Crippen molar-refractivity contribution in [3.8, 4) is 0 Å². The van der Waals surface area contributed by atoms with Crippen molar-refractivity contribution in [3.63, 3.8) is 0 Å². The molecule has 1 heterocycles. The van der Waals surface area contributed by atoms with Gasteiger partial charge in [-0.2, -0.15) is 0 Å². The molecule has 2 atom stereocenters. The molecular weight excluding hydrogens is 370 g/mol. The lowest BCUT2D eigenvalue weighted by molar-refractivity contribution is -0.122. The minimum absolute atomic E-state index is 0.0411. The summed E-state index contributed by atoms with van der Waals surface area (Å²) < 4.78 is 0. The minimum Gasteiger partial charge on any atom is -0.392 e. The van der Waals surface area contributed by atoms with Crippen molar-refractivity contribution in [2.75, 3.05) is 11.4 Å². The Kier molecular flexibility index (Phi) is 5.84. The Morgan fingerprint density at radius 3 is 2.45 bits per heavy atom. The lowest BCUT2D eigenvalue weighted by Gasteiger charge is -2.27. The van der Waals surface area contributed by atoms with E-state index in [-0.39, 0.29) is 18.3 Å². The minimum atomic E-state index is -0.637. The second kappa shape index (κ2) is 8.32. The summed E-state index contributed by atoms with van der Waals surface area (Å²) in [7, 11) is 0. The molecule has 8 nitrogen and oxygen atoms in total. The highest BCUT2D eigenvalue weighted by atomic mass is 16.3. The van der Waals surface area contributed by atoms with Crippen LogP contribution in [0, 0.1) is 5.41 Å². The molecule has 1 unspecified atom stereocenters. The molecule has 1 aliphatic heterocycles. The van der Waals surface area contributed by atoms with E-state index >= 15 is 0 Å². The topological polar surface area (TPSA) is 146 Å². The number of carbonyl (C=O) groups is 2. The van der Waals surface area contributed by atoms with E-state index in [0.29, 0.717) is 24.1 Å². The SMILES string of the molecule is C[C@@H](O)CNC(=O)C1Cc2ccc(C(=N)N)cc2N1Cc1ccc(C(N)=O)cc1. The highest BCUT2D eigenvalue weighted by Gasteiger charge is 2.34. The molecule has 8 heteroatoms. The second-order valence-electron chi connectivity index (χ2n) is 7.26. The number of hydrogen-bond acceptors (Lipinski definition) is 5. The van der Waals surface area contributed by atoms with Crippen LogP contribution in [-0.2, 0) is 17.8 Å². The van der Waals surface area contributed by atoms with Crippen LogP contribution in [0.2, 0.25) is 0 Å². The van der Waals surface area contributed by atoms with Gasteiger partial charge in [0.1, 0.15) is 11.9 Å². The lowest BCUT2D eigenvalue weighted by atomic mass is 10.1. The summed E-state index contributed by atoms with van der Waals surface area (Å²) >= 11 is 0. The molecule has 2 aromatic carbocycles. The van der Waals surface area contributed by atoms with E-state index in [1.807, 2.05) is 17.0 Å². The number of amides is 2. The maximum atomic E-state index is 12.8. The van der Waals surface area contributed by atoms with Gasteiger partial charge >= 0.3 is 0 Å². The van der Waals surface area contributed by atoms with Crippen molar-refractivity contribution in [1.29, 1.82) is 5.41 Å². The number of aliphatic hydroxyl groups is 1. The fraction of sp³-hybridized carbons (Fsp3) is 0.286. The average Bonchev–Trinajstić information content (AvgIpc) is 3.04. The summed E-state index contributed by atoms with van der Waals surface area (Å²) in [5.41, 5.74) is 14.7. The zero-order valence-electron chi connectivity index (χ0n) is 16.2. The molecule has 0 fully saturated rings. The first-order chi connectivity index (χ1) is 13.8. The normalized spacial score (nSPS) is 16.2. The molecule has 0 saturated carbocycles. The number of nitrogens with zero attached hydrogens (tertiary/aromatic N) is 1. The summed E-state index contributed by atoms with van der Waals surface area (Å²) in [5.74, 6) is -0.717. The van der Waals surface area contributed by atoms with Gasteiger partial charge in [-0.15, -0.1) is 0 Å². The van der Waals surface area contributed by atoms with Crippen molar-refractivity contribution in [2.45, 2.75) is 32.0 Å². The highest BCUT2D eigenvalue weighted by molar-refractivity contribution is 5.97. The van der Waals surface area contributed by atoms with E-state index in [9.17, 15) is 14.7 Å². The number of hydrogen-bond donors (Lipinski definition) is 5. The third-order valence-corrected chi connectivity index (χ3v) is 4.96. The summed E-state index contributed by atoms with van der Waals surface area (Å²) in [6, 6.07) is 11.9. The monoisotopic (exact) mass is 395 g/mol. The van der Waals surface area contributed by atoms with Gasteiger partial charge in [0.15, 0.2) is 0 Å². The number of benzene rings is 2. The smallest absolute Gasteiger partial charge is 0.248 e. The number of nitrogens with one attached hydrogen (secondary N) is 2. The van der Waals surface area contributed by atoms with E-state index < -0.39 is 18.1 Å². The van der Waals surface area contributed by atoms with Gasteiger partial charge in [0.2, 0.25) is 11.8 Å². The van der Waals surface area contributed by atoms with E-state index in [2.05, 4.69) is 5.32 Å². The third kappa shape index (κ3) is 4.55. The number of nitrogen functional groups attached to an aromatic ring is 1. The number of carbonyl (C=O) groups excluding carboxylic acids is 2. The second-order valence-corrected chi connectivity index (χ2v) is 7.26. The van der Waals surface area contributed by atoms with Gasteiger partial charge < -0.3 is 26.8 Å². The molecule has 0 saturated heterocycles. The number of fused-ring (bicyclic) bond motifs is 1. The summed E-state index contributed by atoms with van der Waals surface area (Å²) in [4.78, 5) is 26.0. The first-order valence-electron chi connectivity index (χ1n) is 9.34. The summed E-state index contributed by atoms with van der Waals surface area (Å²) in [6.07, 6.45) is -0.125. The Bertz CT molecular complexity index is 940. The van der Waals surface area contributed by atoms with Crippen LogP contribution in [0.15, 0.2) is 42.5 Å². The predicted molar refractivity (Wildman–Crippen MR) is 111 cm³/mol. The number of anilines is 1. The maximum Gasteiger partial charge on any atom is 0.248 e. The number of primary amides is 1. The predicted octanol–water partition coefficient (Wildman–Crippen LogP) is 0.498. The largest absolute Gasteiger partial charge is 0.392 e. The number of aliphatic hydroxyl groups excluding tert-OH is 1. The first kappa shape index (κ1) is 20.3. The van der Waals surface area contributed by atoms with Crippen LogP contribution < -0.4 is 21.7 Å². The molecular formula is C21H25N5O3. The van der Waals surface area contributed by atoms with Crippen LogP contribution in [0.5, 0.6) is 0 Å². The van der Waals surface area contributed by atoms with Crippen molar-refractivity contribution in [1.82, 2.24) is 5.32 Å². The van der Waals surface area contributed by atoms with Crippen molar-refractivity contribution in [2.24, 2.45) is 11.5 Å². The molecule has 0 spiro atoms. The van der Waals surface area contributed by atoms with Crippen LogP contribution in [0.3, 0.4) is 0 Å². The molecule has 3 rings (SSSR count). The van der Waals surface area contributed by atoms with Gasteiger partial charge in [-0.25, -0.2) is 0 Å². The molecule has 2 aromatic rings. The van der Waals surface area contributed by atoms with Crippen LogP contribution in [0.1, 0.15) is 34.0 Å². The molecule has 2 amide bonds. The van der Waals surface area contributed by atoms with Crippen molar-refractivity contribution < 1.29 is 14.7 Å². The van der Waals surface area contributed by atoms with Crippen molar-refractivity contribution in [3.05, 3.63) is 64.7 Å². The van der Waals surface area contributed by atoms with Gasteiger partial charge in [0.25, 0.3) is 0 Å². The molecule has 1 aliphatic rings. The summed E-state index contributed by atoms with van der Waals surface area (Å²) in [6.45, 7) is 2.21. The molecule has 0 aromatic heterocycles. The van der Waals surface area contributed by atoms with Gasteiger partial charge in [-0.1, -0.05) is 24.3 Å². The highest BCUT2D eigenvalue weighted by Crippen LogP contribution is 2.34. The van der Waals surface area contributed by atoms with Crippen LogP contribution in [0.25, 0.3) is 0 Å². The summed E-state index contributed by atoms with van der Waals surface area (Å²) in [5, 5.41) is 20.0.